The summed E-state index contributed by atoms with van der Waals surface area (Å²) < 4.78 is 49.5. The first-order chi connectivity index (χ1) is 13.0. The molecule has 144 valence electrons. The molecule has 2 aromatic rings. The number of halogens is 3. The van der Waals surface area contributed by atoms with Gasteiger partial charge in [-0.25, -0.2) is 13.2 Å². The zero-order chi connectivity index (χ0) is 19.1. The van der Waals surface area contributed by atoms with Crippen LogP contribution in [0.25, 0.3) is 22.3 Å². The third-order valence-corrected chi connectivity index (χ3v) is 6.06. The minimum atomic E-state index is -0.944. The standard InChI is InChI=1S/C23H25F3O/c1-3-4-15-11-17-16-9-10-18(27-12-14-7-5-13(2)6-8-14)22(25)19(16)20(17)23(26)21(15)24/h9-11,13-14H,3-8,12H2,1-2H3. The minimum Gasteiger partial charge on any atom is -0.490 e. The zero-order valence-electron chi connectivity index (χ0n) is 15.9. The van der Waals surface area contributed by atoms with E-state index >= 15 is 0 Å². The van der Waals surface area contributed by atoms with Crippen LogP contribution in [0, 0.1) is 29.3 Å². The van der Waals surface area contributed by atoms with Gasteiger partial charge >= 0.3 is 0 Å². The highest BCUT2D eigenvalue weighted by Crippen LogP contribution is 2.52. The monoisotopic (exact) mass is 374 g/mol. The van der Waals surface area contributed by atoms with Gasteiger partial charge in [0.15, 0.2) is 23.2 Å². The van der Waals surface area contributed by atoms with Gasteiger partial charge in [0.2, 0.25) is 0 Å². The Morgan fingerprint density at radius 3 is 2.33 bits per heavy atom. The summed E-state index contributed by atoms with van der Waals surface area (Å²) in [4.78, 5) is 0. The molecule has 0 aliphatic heterocycles. The Labute approximate surface area is 158 Å². The van der Waals surface area contributed by atoms with Gasteiger partial charge in [0.05, 0.1) is 6.61 Å². The Morgan fingerprint density at radius 1 is 0.926 bits per heavy atom. The van der Waals surface area contributed by atoms with E-state index < -0.39 is 17.5 Å². The van der Waals surface area contributed by atoms with Crippen LogP contribution in [-0.2, 0) is 6.42 Å². The number of ether oxygens (including phenoxy) is 1. The molecule has 1 saturated carbocycles. The average molecular weight is 374 g/mol. The normalized spacial score (nSPS) is 20.6. The Bertz CT molecular complexity index is 867. The summed E-state index contributed by atoms with van der Waals surface area (Å²) in [6.07, 6.45) is 5.74. The highest BCUT2D eigenvalue weighted by atomic mass is 19.2. The lowest BCUT2D eigenvalue weighted by molar-refractivity contribution is 0.183. The fourth-order valence-corrected chi connectivity index (χ4v) is 4.36. The van der Waals surface area contributed by atoms with Crippen molar-refractivity contribution in [2.24, 2.45) is 11.8 Å². The minimum absolute atomic E-state index is 0.0526. The summed E-state index contributed by atoms with van der Waals surface area (Å²) in [5, 5.41) is 0. The van der Waals surface area contributed by atoms with Gasteiger partial charge < -0.3 is 4.74 Å². The molecule has 2 aliphatic carbocycles. The van der Waals surface area contributed by atoms with Gasteiger partial charge in [-0.15, -0.1) is 0 Å². The second-order valence-electron chi connectivity index (χ2n) is 8.07. The highest BCUT2D eigenvalue weighted by Gasteiger charge is 2.34. The van der Waals surface area contributed by atoms with E-state index in [2.05, 4.69) is 6.92 Å². The quantitative estimate of drug-likeness (QED) is 0.471. The Morgan fingerprint density at radius 2 is 1.63 bits per heavy atom. The third kappa shape index (κ3) is 3.13. The summed E-state index contributed by atoms with van der Waals surface area (Å²) in [6, 6.07) is 5.03. The van der Waals surface area contributed by atoms with E-state index in [1.54, 1.807) is 18.2 Å². The molecule has 0 saturated heterocycles. The van der Waals surface area contributed by atoms with Crippen LogP contribution in [0.3, 0.4) is 0 Å². The fourth-order valence-electron chi connectivity index (χ4n) is 4.36. The number of benzene rings is 2. The number of hydrogen-bond acceptors (Lipinski definition) is 1. The Hall–Kier alpha value is -1.97. The summed E-state index contributed by atoms with van der Waals surface area (Å²) in [6.45, 7) is 4.65. The molecule has 0 amide bonds. The van der Waals surface area contributed by atoms with E-state index in [1.807, 2.05) is 6.92 Å². The molecule has 2 aromatic carbocycles. The molecule has 0 radical (unpaired) electrons. The van der Waals surface area contributed by atoms with E-state index in [4.69, 9.17) is 4.74 Å². The molecule has 4 rings (SSSR count). The van der Waals surface area contributed by atoms with Crippen LogP contribution in [0.1, 0.15) is 51.5 Å². The van der Waals surface area contributed by atoms with Crippen LogP contribution in [0.2, 0.25) is 0 Å². The van der Waals surface area contributed by atoms with Crippen LogP contribution < -0.4 is 4.74 Å². The van der Waals surface area contributed by atoms with E-state index in [9.17, 15) is 13.2 Å². The highest BCUT2D eigenvalue weighted by molar-refractivity contribution is 6.03. The Balaban J connectivity index is 1.57. The fraction of sp³-hybridized carbons (Fsp3) is 0.478. The van der Waals surface area contributed by atoms with E-state index in [0.717, 1.165) is 25.2 Å². The predicted octanol–water partition coefficient (Wildman–Crippen LogP) is 6.91. The lowest BCUT2D eigenvalue weighted by atomic mass is 9.78. The Kier molecular flexibility index (Phi) is 4.92. The van der Waals surface area contributed by atoms with Gasteiger partial charge in [-0.3, -0.25) is 0 Å². The molecule has 2 aliphatic rings. The maximum absolute atomic E-state index is 15.0. The largest absolute Gasteiger partial charge is 0.490 e. The van der Waals surface area contributed by atoms with Crippen LogP contribution >= 0.6 is 0 Å². The second kappa shape index (κ2) is 7.21. The van der Waals surface area contributed by atoms with Gasteiger partial charge in [-0.1, -0.05) is 33.1 Å². The molecule has 0 N–H and O–H groups in total. The molecule has 0 spiro atoms. The molecular formula is C23H25F3O. The maximum atomic E-state index is 15.0. The number of rotatable bonds is 5. The van der Waals surface area contributed by atoms with Gasteiger partial charge in [-0.05, 0) is 66.0 Å². The SMILES string of the molecule is CCCc1cc2c(c(F)c1F)-c1c-2ccc(OCC2CCC(C)CC2)c1F. The molecule has 4 heteroatoms. The third-order valence-electron chi connectivity index (χ3n) is 6.06. The van der Waals surface area contributed by atoms with E-state index in [0.29, 0.717) is 35.6 Å². The molecule has 1 nitrogen and oxygen atoms in total. The first-order valence-electron chi connectivity index (χ1n) is 9.98. The first-order valence-corrected chi connectivity index (χ1v) is 9.98. The van der Waals surface area contributed by atoms with Crippen molar-refractivity contribution in [2.45, 2.75) is 52.4 Å². The van der Waals surface area contributed by atoms with Gasteiger partial charge in [0.25, 0.3) is 0 Å². The van der Waals surface area contributed by atoms with Crippen molar-refractivity contribution in [3.05, 3.63) is 41.2 Å². The predicted molar refractivity (Wildman–Crippen MR) is 101 cm³/mol. The van der Waals surface area contributed by atoms with Gasteiger partial charge in [0, 0.05) is 11.1 Å². The summed E-state index contributed by atoms with van der Waals surface area (Å²) in [7, 11) is 0. The maximum Gasteiger partial charge on any atom is 0.173 e. The van der Waals surface area contributed by atoms with Crippen molar-refractivity contribution in [3.63, 3.8) is 0 Å². The first kappa shape index (κ1) is 18.4. The van der Waals surface area contributed by atoms with Gasteiger partial charge in [0.1, 0.15) is 0 Å². The van der Waals surface area contributed by atoms with Crippen molar-refractivity contribution in [1.82, 2.24) is 0 Å². The van der Waals surface area contributed by atoms with Crippen molar-refractivity contribution < 1.29 is 17.9 Å². The molecule has 0 unspecified atom stereocenters. The van der Waals surface area contributed by atoms with Crippen LogP contribution in [-0.4, -0.2) is 6.61 Å². The van der Waals surface area contributed by atoms with Crippen LogP contribution in [0.15, 0.2) is 18.2 Å². The summed E-state index contributed by atoms with van der Waals surface area (Å²) in [5.74, 6) is -1.06. The molecule has 0 heterocycles. The van der Waals surface area contributed by atoms with Crippen molar-refractivity contribution in [1.29, 1.82) is 0 Å². The topological polar surface area (TPSA) is 9.23 Å². The summed E-state index contributed by atoms with van der Waals surface area (Å²) in [5.41, 5.74) is 1.79. The molecular weight excluding hydrogens is 349 g/mol. The van der Waals surface area contributed by atoms with E-state index in [1.165, 1.54) is 12.8 Å². The lowest BCUT2D eigenvalue weighted by Gasteiger charge is -2.28. The number of fused-ring (bicyclic) bond motifs is 4. The lowest BCUT2D eigenvalue weighted by Crippen LogP contribution is -2.19. The van der Waals surface area contributed by atoms with E-state index in [-0.39, 0.29) is 16.9 Å². The number of hydrogen-bond donors (Lipinski definition) is 0. The summed E-state index contributed by atoms with van der Waals surface area (Å²) >= 11 is 0. The van der Waals surface area contributed by atoms with Crippen LogP contribution in [0.4, 0.5) is 13.2 Å². The van der Waals surface area contributed by atoms with Crippen molar-refractivity contribution in [3.8, 4) is 28.0 Å². The average Bonchev–Trinajstić information content (AvgIpc) is 2.65. The molecule has 27 heavy (non-hydrogen) atoms. The molecule has 1 fully saturated rings. The zero-order valence-corrected chi connectivity index (χ0v) is 15.9. The molecule has 0 bridgehead atoms. The van der Waals surface area contributed by atoms with Gasteiger partial charge in [-0.2, -0.15) is 0 Å². The number of aryl methyl sites for hydroxylation is 1. The molecule has 0 aromatic heterocycles. The molecule has 0 atom stereocenters. The van der Waals surface area contributed by atoms with Crippen LogP contribution in [0.5, 0.6) is 5.75 Å². The van der Waals surface area contributed by atoms with Crippen molar-refractivity contribution >= 4 is 0 Å². The second-order valence-corrected chi connectivity index (χ2v) is 8.07. The smallest absolute Gasteiger partial charge is 0.173 e. The van der Waals surface area contributed by atoms with Crippen molar-refractivity contribution in [2.75, 3.05) is 6.61 Å².